The predicted molar refractivity (Wildman–Crippen MR) is 92.4 cm³/mol. The van der Waals surface area contributed by atoms with Crippen LogP contribution < -0.4 is 16.0 Å². The van der Waals surface area contributed by atoms with Crippen molar-refractivity contribution in [2.24, 2.45) is 0 Å². The molecular formula is C18H18FN3O2. The highest BCUT2D eigenvalue weighted by Gasteiger charge is 2.07. The number of amides is 3. The zero-order valence-corrected chi connectivity index (χ0v) is 13.0. The van der Waals surface area contributed by atoms with Gasteiger partial charge in [0.25, 0.3) is 0 Å². The molecular weight excluding hydrogens is 309 g/mol. The maximum absolute atomic E-state index is 13.5. The fourth-order valence-electron chi connectivity index (χ4n) is 1.99. The Hall–Kier alpha value is -3.15. The summed E-state index contributed by atoms with van der Waals surface area (Å²) < 4.78 is 13.5. The highest BCUT2D eigenvalue weighted by Crippen LogP contribution is 2.14. The third-order valence-electron chi connectivity index (χ3n) is 3.13. The van der Waals surface area contributed by atoms with Gasteiger partial charge in [-0.25, -0.2) is 9.18 Å². The lowest BCUT2D eigenvalue weighted by atomic mass is 10.1. The van der Waals surface area contributed by atoms with Crippen LogP contribution in [-0.4, -0.2) is 18.5 Å². The minimum atomic E-state index is -0.476. The zero-order valence-electron chi connectivity index (χ0n) is 13.0. The fourth-order valence-corrected chi connectivity index (χ4v) is 1.99. The number of hydrogen-bond acceptors (Lipinski definition) is 2. The summed E-state index contributed by atoms with van der Waals surface area (Å²) in [6.45, 7) is 3.89. The molecule has 24 heavy (non-hydrogen) atoms. The molecule has 6 heteroatoms. The molecule has 0 unspecified atom stereocenters. The molecule has 3 amide bonds. The van der Waals surface area contributed by atoms with Gasteiger partial charge in [0.1, 0.15) is 5.82 Å². The Morgan fingerprint density at radius 2 is 1.75 bits per heavy atom. The first kappa shape index (κ1) is 17.2. The second-order valence-electron chi connectivity index (χ2n) is 5.03. The van der Waals surface area contributed by atoms with Gasteiger partial charge in [0.05, 0.1) is 12.1 Å². The van der Waals surface area contributed by atoms with Crippen LogP contribution in [-0.2, 0) is 11.2 Å². The minimum absolute atomic E-state index is 0.108. The minimum Gasteiger partial charge on any atom is -0.334 e. The fraction of sp³-hybridized carbons (Fsp3) is 0.111. The molecule has 2 aromatic carbocycles. The summed E-state index contributed by atoms with van der Waals surface area (Å²) in [5.41, 5.74) is 1.51. The van der Waals surface area contributed by atoms with E-state index < -0.39 is 5.82 Å². The van der Waals surface area contributed by atoms with Crippen LogP contribution in [0.2, 0.25) is 0 Å². The van der Waals surface area contributed by atoms with E-state index in [-0.39, 0.29) is 24.0 Å². The molecule has 2 rings (SSSR count). The summed E-state index contributed by atoms with van der Waals surface area (Å²) >= 11 is 0. The first-order valence-electron chi connectivity index (χ1n) is 7.37. The van der Waals surface area contributed by atoms with Gasteiger partial charge in [0.2, 0.25) is 5.91 Å². The molecule has 0 aliphatic heterocycles. The Morgan fingerprint density at radius 3 is 2.42 bits per heavy atom. The van der Waals surface area contributed by atoms with Crippen molar-refractivity contribution in [3.05, 3.63) is 72.6 Å². The summed E-state index contributed by atoms with van der Waals surface area (Å²) in [5, 5.41) is 7.77. The van der Waals surface area contributed by atoms with Crippen molar-refractivity contribution in [1.29, 1.82) is 0 Å². The van der Waals surface area contributed by atoms with Crippen molar-refractivity contribution in [3.8, 4) is 0 Å². The monoisotopic (exact) mass is 327 g/mol. The molecule has 0 saturated heterocycles. The normalized spacial score (nSPS) is 9.88. The van der Waals surface area contributed by atoms with Gasteiger partial charge in [0.15, 0.2) is 0 Å². The molecule has 0 aliphatic rings. The molecule has 0 spiro atoms. The second-order valence-corrected chi connectivity index (χ2v) is 5.03. The van der Waals surface area contributed by atoms with E-state index >= 15 is 0 Å². The number of benzene rings is 2. The second kappa shape index (κ2) is 8.47. The standard InChI is InChI=1S/C18H18FN3O2/c1-2-11-20-18(24)21-14-9-7-13(8-10-14)12-17(23)22-16-6-4-3-5-15(16)19/h2-10H,1,11-12H2,(H,22,23)(H2,20,21,24). The van der Waals surface area contributed by atoms with E-state index in [1.807, 2.05) is 0 Å². The van der Waals surface area contributed by atoms with Crippen molar-refractivity contribution >= 4 is 23.3 Å². The molecule has 0 aliphatic carbocycles. The molecule has 0 saturated carbocycles. The number of para-hydroxylation sites is 1. The van der Waals surface area contributed by atoms with E-state index in [0.29, 0.717) is 12.2 Å². The average Bonchev–Trinajstić information content (AvgIpc) is 2.57. The Bertz CT molecular complexity index is 729. The van der Waals surface area contributed by atoms with Crippen LogP contribution in [0, 0.1) is 5.82 Å². The van der Waals surface area contributed by atoms with E-state index in [1.165, 1.54) is 12.1 Å². The number of nitrogens with one attached hydrogen (secondary N) is 3. The van der Waals surface area contributed by atoms with Gasteiger partial charge in [-0.3, -0.25) is 4.79 Å². The van der Waals surface area contributed by atoms with E-state index in [2.05, 4.69) is 22.5 Å². The Morgan fingerprint density at radius 1 is 1.04 bits per heavy atom. The molecule has 0 radical (unpaired) electrons. The topological polar surface area (TPSA) is 70.2 Å². The summed E-state index contributed by atoms with van der Waals surface area (Å²) in [6, 6.07) is 12.5. The van der Waals surface area contributed by atoms with Gasteiger partial charge in [-0.2, -0.15) is 0 Å². The maximum Gasteiger partial charge on any atom is 0.319 e. The molecule has 0 atom stereocenters. The number of rotatable bonds is 6. The highest BCUT2D eigenvalue weighted by molar-refractivity contribution is 5.92. The van der Waals surface area contributed by atoms with Gasteiger partial charge >= 0.3 is 6.03 Å². The number of hydrogen-bond donors (Lipinski definition) is 3. The van der Waals surface area contributed by atoms with Gasteiger partial charge < -0.3 is 16.0 Å². The van der Waals surface area contributed by atoms with Crippen molar-refractivity contribution in [1.82, 2.24) is 5.32 Å². The van der Waals surface area contributed by atoms with Gasteiger partial charge in [-0.1, -0.05) is 30.3 Å². The number of anilines is 2. The van der Waals surface area contributed by atoms with Crippen LogP contribution in [0.3, 0.4) is 0 Å². The lowest BCUT2D eigenvalue weighted by Gasteiger charge is -2.08. The SMILES string of the molecule is C=CCNC(=O)Nc1ccc(CC(=O)Nc2ccccc2F)cc1. The van der Waals surface area contributed by atoms with Crippen LogP contribution in [0.1, 0.15) is 5.56 Å². The Labute approximate surface area is 139 Å². The van der Waals surface area contributed by atoms with E-state index in [4.69, 9.17) is 0 Å². The third kappa shape index (κ3) is 5.24. The molecule has 2 aromatic rings. The Kier molecular flexibility index (Phi) is 6.08. The molecule has 0 fully saturated rings. The number of urea groups is 1. The van der Waals surface area contributed by atoms with Crippen molar-refractivity contribution in [3.63, 3.8) is 0 Å². The van der Waals surface area contributed by atoms with E-state index in [0.717, 1.165) is 5.56 Å². The van der Waals surface area contributed by atoms with Crippen molar-refractivity contribution in [2.75, 3.05) is 17.2 Å². The molecule has 3 N–H and O–H groups in total. The van der Waals surface area contributed by atoms with Crippen LogP contribution in [0.15, 0.2) is 61.2 Å². The Balaban J connectivity index is 1.89. The smallest absolute Gasteiger partial charge is 0.319 e. The molecule has 0 heterocycles. The van der Waals surface area contributed by atoms with E-state index in [9.17, 15) is 14.0 Å². The number of carbonyl (C=O) groups excluding carboxylic acids is 2. The first-order chi connectivity index (χ1) is 11.6. The molecule has 124 valence electrons. The highest BCUT2D eigenvalue weighted by atomic mass is 19.1. The van der Waals surface area contributed by atoms with Crippen LogP contribution in [0.5, 0.6) is 0 Å². The lowest BCUT2D eigenvalue weighted by molar-refractivity contribution is -0.115. The largest absolute Gasteiger partial charge is 0.334 e. The average molecular weight is 327 g/mol. The van der Waals surface area contributed by atoms with Crippen LogP contribution in [0.4, 0.5) is 20.6 Å². The van der Waals surface area contributed by atoms with Crippen LogP contribution in [0.25, 0.3) is 0 Å². The van der Waals surface area contributed by atoms with Crippen molar-refractivity contribution < 1.29 is 14.0 Å². The molecule has 0 aromatic heterocycles. The third-order valence-corrected chi connectivity index (χ3v) is 3.13. The summed E-state index contributed by atoms with van der Waals surface area (Å²) in [5.74, 6) is -0.791. The number of carbonyl (C=O) groups is 2. The van der Waals surface area contributed by atoms with Gasteiger partial charge in [-0.15, -0.1) is 6.58 Å². The van der Waals surface area contributed by atoms with Crippen LogP contribution >= 0.6 is 0 Å². The molecule has 0 bridgehead atoms. The van der Waals surface area contributed by atoms with Gasteiger partial charge in [0, 0.05) is 12.2 Å². The summed E-state index contributed by atoms with van der Waals surface area (Å²) in [7, 11) is 0. The summed E-state index contributed by atoms with van der Waals surface area (Å²) in [4.78, 5) is 23.4. The lowest BCUT2D eigenvalue weighted by Crippen LogP contribution is -2.28. The maximum atomic E-state index is 13.5. The van der Waals surface area contributed by atoms with Crippen molar-refractivity contribution in [2.45, 2.75) is 6.42 Å². The molecule has 5 nitrogen and oxygen atoms in total. The first-order valence-corrected chi connectivity index (χ1v) is 7.37. The zero-order chi connectivity index (χ0) is 17.4. The van der Waals surface area contributed by atoms with Gasteiger partial charge in [-0.05, 0) is 29.8 Å². The van der Waals surface area contributed by atoms with E-state index in [1.54, 1.807) is 42.5 Å². The number of halogens is 1. The summed E-state index contributed by atoms with van der Waals surface area (Å²) in [6.07, 6.45) is 1.69. The predicted octanol–water partition coefficient (Wildman–Crippen LogP) is 3.31. The quantitative estimate of drug-likeness (QED) is 0.712.